The summed E-state index contributed by atoms with van der Waals surface area (Å²) in [6.45, 7) is 5.18. The van der Waals surface area contributed by atoms with Crippen molar-refractivity contribution in [3.63, 3.8) is 0 Å². The highest BCUT2D eigenvalue weighted by molar-refractivity contribution is 5.66. The van der Waals surface area contributed by atoms with E-state index in [1.165, 1.54) is 22.4 Å². The molecule has 0 unspecified atom stereocenters. The predicted octanol–water partition coefficient (Wildman–Crippen LogP) is 4.09. The molecule has 0 atom stereocenters. The Morgan fingerprint density at radius 1 is 0.812 bits per heavy atom. The van der Waals surface area contributed by atoms with E-state index in [9.17, 15) is 0 Å². The monoisotopic (exact) mass is 211 g/mol. The lowest BCUT2D eigenvalue weighted by Crippen LogP contribution is -1.95. The van der Waals surface area contributed by atoms with Crippen LogP contribution in [0, 0.1) is 6.92 Å². The molecular formula is C15H17N. The van der Waals surface area contributed by atoms with E-state index < -0.39 is 0 Å². The number of hydrogen-bond donors (Lipinski definition) is 1. The number of nitrogens with one attached hydrogen (secondary N) is 1. The largest absolute Gasteiger partial charge is 0.385 e. The maximum Gasteiger partial charge on any atom is 0.0340 e. The van der Waals surface area contributed by atoms with Crippen LogP contribution in [0.5, 0.6) is 0 Å². The molecule has 82 valence electrons. The van der Waals surface area contributed by atoms with Crippen molar-refractivity contribution in [2.75, 3.05) is 11.9 Å². The van der Waals surface area contributed by atoms with Crippen LogP contribution in [0.3, 0.4) is 0 Å². The van der Waals surface area contributed by atoms with E-state index in [1.807, 2.05) is 0 Å². The molecule has 0 bridgehead atoms. The number of aryl methyl sites for hydroxylation is 1. The van der Waals surface area contributed by atoms with Crippen LogP contribution in [0.1, 0.15) is 12.5 Å². The van der Waals surface area contributed by atoms with Gasteiger partial charge in [0.2, 0.25) is 0 Å². The minimum atomic E-state index is 0.962. The molecule has 0 saturated heterocycles. The topological polar surface area (TPSA) is 12.0 Å². The molecular weight excluding hydrogens is 194 g/mol. The molecule has 0 aliphatic rings. The maximum absolute atomic E-state index is 3.30. The summed E-state index contributed by atoms with van der Waals surface area (Å²) in [5.74, 6) is 0. The predicted molar refractivity (Wildman–Crippen MR) is 70.8 cm³/mol. The third-order valence-electron chi connectivity index (χ3n) is 2.65. The minimum absolute atomic E-state index is 0.962. The van der Waals surface area contributed by atoms with Gasteiger partial charge < -0.3 is 5.32 Å². The van der Waals surface area contributed by atoms with E-state index in [0.29, 0.717) is 0 Å². The molecule has 0 aliphatic carbocycles. The van der Waals surface area contributed by atoms with Gasteiger partial charge in [0.25, 0.3) is 0 Å². The third-order valence-corrected chi connectivity index (χ3v) is 2.65. The van der Waals surface area contributed by atoms with Crippen molar-refractivity contribution >= 4 is 5.69 Å². The molecule has 1 N–H and O–H groups in total. The Kier molecular flexibility index (Phi) is 3.25. The summed E-state index contributed by atoms with van der Waals surface area (Å²) in [5.41, 5.74) is 5.02. The highest BCUT2D eigenvalue weighted by Crippen LogP contribution is 2.21. The van der Waals surface area contributed by atoms with E-state index >= 15 is 0 Å². The van der Waals surface area contributed by atoms with Gasteiger partial charge in [0.05, 0.1) is 0 Å². The smallest absolute Gasteiger partial charge is 0.0340 e. The second kappa shape index (κ2) is 4.84. The molecule has 2 aromatic rings. The van der Waals surface area contributed by atoms with Crippen LogP contribution in [0.15, 0.2) is 48.5 Å². The first-order valence-electron chi connectivity index (χ1n) is 5.70. The van der Waals surface area contributed by atoms with Crippen molar-refractivity contribution in [2.45, 2.75) is 13.8 Å². The van der Waals surface area contributed by atoms with Crippen molar-refractivity contribution < 1.29 is 0 Å². The summed E-state index contributed by atoms with van der Waals surface area (Å²) in [5, 5.41) is 3.30. The Bertz CT molecular complexity index is 440. The van der Waals surface area contributed by atoms with Crippen molar-refractivity contribution in [3.8, 4) is 11.1 Å². The van der Waals surface area contributed by atoms with Gasteiger partial charge >= 0.3 is 0 Å². The second-order valence-corrected chi connectivity index (χ2v) is 3.97. The third kappa shape index (κ3) is 2.43. The lowest BCUT2D eigenvalue weighted by atomic mass is 10.0. The SMILES string of the molecule is CCNc1ccc(-c2ccc(C)cc2)cc1. The fourth-order valence-corrected chi connectivity index (χ4v) is 1.73. The molecule has 2 rings (SSSR count). The molecule has 0 aliphatic heterocycles. The summed E-state index contributed by atoms with van der Waals surface area (Å²) in [7, 11) is 0. The molecule has 16 heavy (non-hydrogen) atoms. The van der Waals surface area contributed by atoms with Gasteiger partial charge in [-0.25, -0.2) is 0 Å². The Morgan fingerprint density at radius 2 is 1.31 bits per heavy atom. The van der Waals surface area contributed by atoms with Crippen LogP contribution in [0.4, 0.5) is 5.69 Å². The highest BCUT2D eigenvalue weighted by atomic mass is 14.8. The van der Waals surface area contributed by atoms with Gasteiger partial charge in [-0.2, -0.15) is 0 Å². The summed E-state index contributed by atoms with van der Waals surface area (Å²) < 4.78 is 0. The van der Waals surface area contributed by atoms with E-state index in [-0.39, 0.29) is 0 Å². The molecule has 0 spiro atoms. The number of anilines is 1. The molecule has 0 heterocycles. The van der Waals surface area contributed by atoms with E-state index in [4.69, 9.17) is 0 Å². The first-order valence-corrected chi connectivity index (χ1v) is 5.70. The fraction of sp³-hybridized carbons (Fsp3) is 0.200. The fourth-order valence-electron chi connectivity index (χ4n) is 1.73. The van der Waals surface area contributed by atoms with E-state index in [0.717, 1.165) is 6.54 Å². The van der Waals surface area contributed by atoms with Crippen LogP contribution < -0.4 is 5.32 Å². The Balaban J connectivity index is 2.24. The lowest BCUT2D eigenvalue weighted by Gasteiger charge is -2.05. The number of hydrogen-bond acceptors (Lipinski definition) is 1. The number of rotatable bonds is 3. The van der Waals surface area contributed by atoms with Crippen LogP contribution in [-0.2, 0) is 0 Å². The van der Waals surface area contributed by atoms with Gasteiger partial charge in [0.1, 0.15) is 0 Å². The van der Waals surface area contributed by atoms with Gasteiger partial charge in [-0.15, -0.1) is 0 Å². The van der Waals surface area contributed by atoms with Gasteiger partial charge in [0, 0.05) is 12.2 Å². The second-order valence-electron chi connectivity index (χ2n) is 3.97. The average Bonchev–Trinajstić information content (AvgIpc) is 2.32. The van der Waals surface area contributed by atoms with Gasteiger partial charge in [-0.1, -0.05) is 42.0 Å². The highest BCUT2D eigenvalue weighted by Gasteiger charge is 1.97. The molecule has 1 heteroatoms. The van der Waals surface area contributed by atoms with Crippen LogP contribution in [-0.4, -0.2) is 6.54 Å². The molecule has 0 radical (unpaired) electrons. The Morgan fingerprint density at radius 3 is 1.81 bits per heavy atom. The average molecular weight is 211 g/mol. The quantitative estimate of drug-likeness (QED) is 0.806. The Hall–Kier alpha value is -1.76. The molecule has 1 nitrogen and oxygen atoms in total. The molecule has 0 fully saturated rings. The summed E-state index contributed by atoms with van der Waals surface area (Å²) in [6.07, 6.45) is 0. The van der Waals surface area contributed by atoms with Crippen LogP contribution >= 0.6 is 0 Å². The molecule has 0 saturated carbocycles. The first kappa shape index (κ1) is 10.7. The van der Waals surface area contributed by atoms with Gasteiger partial charge in [0.15, 0.2) is 0 Å². The maximum atomic E-state index is 3.30. The van der Waals surface area contributed by atoms with Gasteiger partial charge in [-0.05, 0) is 37.1 Å². The standard InChI is InChI=1S/C15H17N/c1-3-16-15-10-8-14(9-11-15)13-6-4-12(2)5-7-13/h4-11,16H,3H2,1-2H3. The van der Waals surface area contributed by atoms with Crippen molar-refractivity contribution in [1.82, 2.24) is 0 Å². The first-order chi connectivity index (χ1) is 7.79. The zero-order chi connectivity index (χ0) is 11.4. The summed E-state index contributed by atoms with van der Waals surface area (Å²) in [6, 6.07) is 17.2. The van der Waals surface area contributed by atoms with Crippen molar-refractivity contribution in [3.05, 3.63) is 54.1 Å². The van der Waals surface area contributed by atoms with Crippen molar-refractivity contribution in [2.24, 2.45) is 0 Å². The lowest BCUT2D eigenvalue weighted by molar-refractivity contribution is 1.21. The minimum Gasteiger partial charge on any atom is -0.385 e. The Labute approximate surface area is 97.1 Å². The van der Waals surface area contributed by atoms with Gasteiger partial charge in [-0.3, -0.25) is 0 Å². The van der Waals surface area contributed by atoms with E-state index in [2.05, 4.69) is 67.7 Å². The molecule has 0 amide bonds. The van der Waals surface area contributed by atoms with Crippen molar-refractivity contribution in [1.29, 1.82) is 0 Å². The number of benzene rings is 2. The normalized spacial score (nSPS) is 10.1. The molecule has 2 aromatic carbocycles. The van der Waals surface area contributed by atoms with Crippen LogP contribution in [0.25, 0.3) is 11.1 Å². The summed E-state index contributed by atoms with van der Waals surface area (Å²) in [4.78, 5) is 0. The summed E-state index contributed by atoms with van der Waals surface area (Å²) >= 11 is 0. The van der Waals surface area contributed by atoms with Crippen LogP contribution in [0.2, 0.25) is 0 Å². The zero-order valence-electron chi connectivity index (χ0n) is 9.83. The zero-order valence-corrected chi connectivity index (χ0v) is 9.83. The van der Waals surface area contributed by atoms with E-state index in [1.54, 1.807) is 0 Å². The molecule has 0 aromatic heterocycles.